The number of anilines is 1. The lowest BCUT2D eigenvalue weighted by Crippen LogP contribution is -2.60. The first-order valence-corrected chi connectivity index (χ1v) is 7.62. The Morgan fingerprint density at radius 1 is 1.10 bits per heavy atom. The Kier molecular flexibility index (Phi) is 2.88. The summed E-state index contributed by atoms with van der Waals surface area (Å²) in [5.41, 5.74) is 2.19. The van der Waals surface area contributed by atoms with Crippen molar-refractivity contribution in [2.24, 2.45) is 0 Å². The highest BCUT2D eigenvalue weighted by Gasteiger charge is 2.32. The molecule has 5 nitrogen and oxygen atoms in total. The maximum absolute atomic E-state index is 4.39. The molecule has 5 heteroatoms. The van der Waals surface area contributed by atoms with Gasteiger partial charge in [-0.2, -0.15) is 5.10 Å². The van der Waals surface area contributed by atoms with Crippen LogP contribution >= 0.6 is 0 Å². The predicted octanol–water partition coefficient (Wildman–Crippen LogP) is 1.71. The Morgan fingerprint density at radius 3 is 2.70 bits per heavy atom. The zero-order valence-electron chi connectivity index (χ0n) is 12.0. The van der Waals surface area contributed by atoms with Crippen LogP contribution in [0, 0.1) is 6.92 Å². The van der Waals surface area contributed by atoms with Crippen LogP contribution in [0.4, 0.5) is 5.69 Å². The Labute approximate surface area is 119 Å². The Hall–Kier alpha value is -1.62. The minimum absolute atomic E-state index is 0.753. The third-order valence-corrected chi connectivity index (χ3v) is 4.56. The highest BCUT2D eigenvalue weighted by molar-refractivity contribution is 5.53. The molecule has 0 bridgehead atoms. The standard InChI is InChI=1S/C15H21N5/c1-12-16-15-6-5-13(11-20(15)17-12)19-9-14(10-19)18-7-3-2-4-8-18/h5-6,11,14H,2-4,7-10H2,1H3. The van der Waals surface area contributed by atoms with Gasteiger partial charge in [-0.15, -0.1) is 0 Å². The van der Waals surface area contributed by atoms with E-state index in [-0.39, 0.29) is 0 Å². The topological polar surface area (TPSA) is 36.7 Å². The molecule has 0 unspecified atom stereocenters. The van der Waals surface area contributed by atoms with Crippen LogP contribution in [-0.2, 0) is 0 Å². The normalized spacial score (nSPS) is 21.4. The van der Waals surface area contributed by atoms with Gasteiger partial charge in [0.25, 0.3) is 0 Å². The molecule has 0 amide bonds. The van der Waals surface area contributed by atoms with E-state index in [1.807, 2.05) is 11.4 Å². The van der Waals surface area contributed by atoms with E-state index in [4.69, 9.17) is 0 Å². The fraction of sp³-hybridized carbons (Fsp3) is 0.600. The summed E-state index contributed by atoms with van der Waals surface area (Å²) in [5, 5.41) is 4.39. The van der Waals surface area contributed by atoms with Crippen molar-refractivity contribution in [2.45, 2.75) is 32.2 Å². The highest BCUT2D eigenvalue weighted by atomic mass is 15.3. The van der Waals surface area contributed by atoms with Gasteiger partial charge < -0.3 is 4.90 Å². The van der Waals surface area contributed by atoms with Gasteiger partial charge in [0.2, 0.25) is 0 Å². The summed E-state index contributed by atoms with van der Waals surface area (Å²) >= 11 is 0. The SMILES string of the molecule is Cc1nc2ccc(N3CC(N4CCCCC4)C3)cn2n1. The van der Waals surface area contributed by atoms with E-state index in [1.165, 1.54) is 38.0 Å². The minimum atomic E-state index is 0.753. The van der Waals surface area contributed by atoms with Gasteiger partial charge in [0.1, 0.15) is 5.82 Å². The Balaban J connectivity index is 1.45. The molecule has 20 heavy (non-hydrogen) atoms. The van der Waals surface area contributed by atoms with Gasteiger partial charge in [-0.3, -0.25) is 4.90 Å². The zero-order valence-corrected chi connectivity index (χ0v) is 12.0. The second kappa shape index (κ2) is 4.74. The third kappa shape index (κ3) is 2.06. The summed E-state index contributed by atoms with van der Waals surface area (Å²) in [6.07, 6.45) is 6.26. The Bertz CT molecular complexity index is 608. The first-order chi connectivity index (χ1) is 9.79. The van der Waals surface area contributed by atoms with Gasteiger partial charge in [-0.1, -0.05) is 6.42 Å². The third-order valence-electron chi connectivity index (χ3n) is 4.56. The number of nitrogens with zero attached hydrogens (tertiary/aromatic N) is 5. The largest absolute Gasteiger partial charge is 0.367 e. The molecule has 0 aliphatic carbocycles. The maximum atomic E-state index is 4.39. The van der Waals surface area contributed by atoms with Crippen molar-refractivity contribution in [3.05, 3.63) is 24.2 Å². The molecule has 4 heterocycles. The number of hydrogen-bond acceptors (Lipinski definition) is 4. The molecule has 4 rings (SSSR count). The molecule has 0 atom stereocenters. The van der Waals surface area contributed by atoms with Crippen LogP contribution in [0.2, 0.25) is 0 Å². The molecule has 0 aromatic carbocycles. The number of rotatable bonds is 2. The number of pyridine rings is 1. The second-order valence-electron chi connectivity index (χ2n) is 6.00. The van der Waals surface area contributed by atoms with E-state index in [0.717, 1.165) is 30.6 Å². The minimum Gasteiger partial charge on any atom is -0.367 e. The van der Waals surface area contributed by atoms with Crippen LogP contribution in [0.5, 0.6) is 0 Å². The predicted molar refractivity (Wildman–Crippen MR) is 79.1 cm³/mol. The van der Waals surface area contributed by atoms with E-state index in [9.17, 15) is 0 Å². The van der Waals surface area contributed by atoms with Crippen molar-refractivity contribution < 1.29 is 0 Å². The fourth-order valence-electron chi connectivity index (χ4n) is 3.35. The molecule has 2 fully saturated rings. The van der Waals surface area contributed by atoms with Crippen molar-refractivity contribution in [1.29, 1.82) is 0 Å². The summed E-state index contributed by atoms with van der Waals surface area (Å²) in [6.45, 7) is 6.82. The van der Waals surface area contributed by atoms with E-state index in [0.29, 0.717) is 0 Å². The highest BCUT2D eigenvalue weighted by Crippen LogP contribution is 2.25. The fourth-order valence-corrected chi connectivity index (χ4v) is 3.35. The Morgan fingerprint density at radius 2 is 1.90 bits per heavy atom. The second-order valence-corrected chi connectivity index (χ2v) is 6.00. The molecule has 0 radical (unpaired) electrons. The first kappa shape index (κ1) is 12.1. The number of aromatic nitrogens is 3. The van der Waals surface area contributed by atoms with Crippen molar-refractivity contribution in [3.63, 3.8) is 0 Å². The van der Waals surface area contributed by atoms with E-state index in [2.05, 4.69) is 38.2 Å². The molecule has 0 spiro atoms. The van der Waals surface area contributed by atoms with Crippen molar-refractivity contribution in [2.75, 3.05) is 31.1 Å². The average molecular weight is 271 g/mol. The maximum Gasteiger partial charge on any atom is 0.155 e. The van der Waals surface area contributed by atoms with Crippen molar-refractivity contribution >= 4 is 11.3 Å². The van der Waals surface area contributed by atoms with Crippen LogP contribution in [0.25, 0.3) is 5.65 Å². The van der Waals surface area contributed by atoms with Crippen molar-refractivity contribution in [3.8, 4) is 0 Å². The average Bonchev–Trinajstić information content (AvgIpc) is 2.78. The molecule has 0 saturated carbocycles. The molecule has 2 aromatic rings. The zero-order chi connectivity index (χ0) is 13.5. The number of piperidine rings is 1. The molecule has 2 aliphatic rings. The van der Waals surface area contributed by atoms with Gasteiger partial charge in [-0.05, 0) is 45.0 Å². The summed E-state index contributed by atoms with van der Waals surface area (Å²) in [6, 6.07) is 4.97. The van der Waals surface area contributed by atoms with Crippen LogP contribution in [0.3, 0.4) is 0 Å². The summed E-state index contributed by atoms with van der Waals surface area (Å²) in [7, 11) is 0. The summed E-state index contributed by atoms with van der Waals surface area (Å²) < 4.78 is 1.89. The lowest BCUT2D eigenvalue weighted by molar-refractivity contribution is 0.139. The smallest absolute Gasteiger partial charge is 0.155 e. The van der Waals surface area contributed by atoms with Crippen LogP contribution in [0.1, 0.15) is 25.1 Å². The van der Waals surface area contributed by atoms with E-state index < -0.39 is 0 Å². The number of likely N-dealkylation sites (tertiary alicyclic amines) is 1. The monoisotopic (exact) mass is 271 g/mol. The lowest BCUT2D eigenvalue weighted by Gasteiger charge is -2.47. The number of hydrogen-bond donors (Lipinski definition) is 0. The molecule has 2 aromatic heterocycles. The lowest BCUT2D eigenvalue weighted by atomic mass is 10.0. The van der Waals surface area contributed by atoms with Gasteiger partial charge in [0.15, 0.2) is 5.65 Å². The molecule has 0 N–H and O–H groups in total. The number of fused-ring (bicyclic) bond motifs is 1. The summed E-state index contributed by atoms with van der Waals surface area (Å²) in [5.74, 6) is 0.831. The molecule has 106 valence electrons. The van der Waals surface area contributed by atoms with E-state index in [1.54, 1.807) is 0 Å². The molecule has 2 aliphatic heterocycles. The quantitative estimate of drug-likeness (QED) is 0.833. The van der Waals surface area contributed by atoms with Gasteiger partial charge >= 0.3 is 0 Å². The van der Waals surface area contributed by atoms with Gasteiger partial charge in [0.05, 0.1) is 11.9 Å². The first-order valence-electron chi connectivity index (χ1n) is 7.62. The van der Waals surface area contributed by atoms with Gasteiger partial charge in [0, 0.05) is 19.1 Å². The number of aryl methyl sites for hydroxylation is 1. The van der Waals surface area contributed by atoms with Crippen molar-refractivity contribution in [1.82, 2.24) is 19.5 Å². The van der Waals surface area contributed by atoms with Gasteiger partial charge in [-0.25, -0.2) is 9.50 Å². The van der Waals surface area contributed by atoms with Crippen LogP contribution in [-0.4, -0.2) is 51.7 Å². The van der Waals surface area contributed by atoms with Crippen LogP contribution < -0.4 is 4.90 Å². The molecular formula is C15H21N5. The molecule has 2 saturated heterocycles. The molecular weight excluding hydrogens is 250 g/mol. The summed E-state index contributed by atoms with van der Waals surface area (Å²) in [4.78, 5) is 9.48. The van der Waals surface area contributed by atoms with E-state index >= 15 is 0 Å². The van der Waals surface area contributed by atoms with Crippen LogP contribution in [0.15, 0.2) is 18.3 Å².